The first-order valence-corrected chi connectivity index (χ1v) is 13.6. The van der Waals surface area contributed by atoms with E-state index < -0.39 is 6.03 Å². The molecule has 0 unspecified atom stereocenters. The van der Waals surface area contributed by atoms with Gasteiger partial charge in [0.15, 0.2) is 10.8 Å². The van der Waals surface area contributed by atoms with Crippen LogP contribution in [0.1, 0.15) is 36.9 Å². The fourth-order valence-electron chi connectivity index (χ4n) is 4.51. The minimum atomic E-state index is -0.406. The van der Waals surface area contributed by atoms with Crippen LogP contribution < -0.4 is 16.0 Å². The van der Waals surface area contributed by atoms with Gasteiger partial charge < -0.3 is 20.1 Å². The summed E-state index contributed by atoms with van der Waals surface area (Å²) in [4.78, 5) is 33.0. The smallest absolute Gasteiger partial charge is 0.324 e. The zero-order valence-corrected chi connectivity index (χ0v) is 22.8. The second-order valence-electron chi connectivity index (χ2n) is 10.6. The summed E-state index contributed by atoms with van der Waals surface area (Å²) in [5.41, 5.74) is 3.83. The molecule has 0 radical (unpaired) electrons. The van der Waals surface area contributed by atoms with E-state index >= 15 is 0 Å². The predicted octanol–water partition coefficient (Wildman–Crippen LogP) is 5.19. The summed E-state index contributed by atoms with van der Waals surface area (Å²) in [6.45, 7) is 9.11. The number of hydrogen-bond donors (Lipinski definition) is 3. The molecule has 1 fully saturated rings. The van der Waals surface area contributed by atoms with Crippen molar-refractivity contribution in [1.82, 2.24) is 24.8 Å². The molecule has 0 aliphatic carbocycles. The van der Waals surface area contributed by atoms with E-state index in [0.717, 1.165) is 52.6 Å². The fourth-order valence-corrected chi connectivity index (χ4v) is 5.50. The van der Waals surface area contributed by atoms with Gasteiger partial charge in [0.2, 0.25) is 0 Å². The quantitative estimate of drug-likeness (QED) is 0.287. The number of benzene rings is 2. The van der Waals surface area contributed by atoms with Crippen LogP contribution in [0, 0.1) is 0 Å². The highest BCUT2D eigenvalue weighted by Gasteiger charge is 2.21. The molecule has 3 N–H and O–H groups in total. The molecule has 3 amide bonds. The maximum absolute atomic E-state index is 13.0. The zero-order chi connectivity index (χ0) is 27.1. The summed E-state index contributed by atoms with van der Waals surface area (Å²) in [7, 11) is 0. The first kappa shape index (κ1) is 25.1. The number of hydrogen-bond acceptors (Lipinski definition) is 7. The van der Waals surface area contributed by atoms with Gasteiger partial charge in [0.25, 0.3) is 5.91 Å². The Labute approximate surface area is 229 Å². The van der Waals surface area contributed by atoms with E-state index in [-0.39, 0.29) is 11.3 Å². The van der Waals surface area contributed by atoms with Crippen molar-refractivity contribution in [3.8, 4) is 11.3 Å². The minimum absolute atomic E-state index is 0.0587. The van der Waals surface area contributed by atoms with Crippen molar-refractivity contribution < 1.29 is 14.1 Å². The van der Waals surface area contributed by atoms with E-state index in [0.29, 0.717) is 22.8 Å². The number of carbonyl (C=O) groups is 2. The van der Waals surface area contributed by atoms with Crippen LogP contribution in [-0.2, 0) is 5.41 Å². The lowest BCUT2D eigenvalue weighted by atomic mass is 9.93. The minimum Gasteiger partial charge on any atom is -0.359 e. The van der Waals surface area contributed by atoms with Crippen LogP contribution in [0.2, 0.25) is 0 Å². The second-order valence-corrected chi connectivity index (χ2v) is 11.6. The first-order chi connectivity index (χ1) is 18.7. The molecule has 200 valence electrons. The van der Waals surface area contributed by atoms with E-state index in [1.54, 1.807) is 17.4 Å². The zero-order valence-electron chi connectivity index (χ0n) is 21.9. The molecule has 11 heteroatoms. The number of piperazine rings is 1. The maximum Gasteiger partial charge on any atom is 0.324 e. The van der Waals surface area contributed by atoms with E-state index in [9.17, 15) is 9.59 Å². The van der Waals surface area contributed by atoms with Gasteiger partial charge in [-0.15, -0.1) is 0 Å². The lowest BCUT2D eigenvalue weighted by Crippen LogP contribution is -2.46. The largest absolute Gasteiger partial charge is 0.359 e. The molecule has 0 saturated carbocycles. The van der Waals surface area contributed by atoms with Gasteiger partial charge >= 0.3 is 6.03 Å². The standard InChI is InChI=1S/C28H29N7O3S/c1-28(2,3)23-15-24(33-38-23)32-26(37)30-19-7-4-17(5-8-19)20-16-35-21-14-18(6-9-22(21)39-27(35)31-20)25(36)34-12-10-29-11-13-34/h4-9,14-16,29H,10-13H2,1-3H3,(H2,30,32,33,37). The third kappa shape index (κ3) is 5.10. The van der Waals surface area contributed by atoms with Gasteiger partial charge in [-0.2, -0.15) is 0 Å². The van der Waals surface area contributed by atoms with E-state index in [4.69, 9.17) is 9.51 Å². The number of imidazole rings is 1. The van der Waals surface area contributed by atoms with Crippen LogP contribution in [0.4, 0.5) is 16.3 Å². The highest BCUT2D eigenvalue weighted by molar-refractivity contribution is 7.23. The van der Waals surface area contributed by atoms with Crippen LogP contribution >= 0.6 is 11.3 Å². The highest BCUT2D eigenvalue weighted by Crippen LogP contribution is 2.31. The van der Waals surface area contributed by atoms with Crippen molar-refractivity contribution in [2.24, 2.45) is 0 Å². The Hall–Kier alpha value is -4.22. The lowest BCUT2D eigenvalue weighted by molar-refractivity contribution is 0.0736. The summed E-state index contributed by atoms with van der Waals surface area (Å²) in [6.07, 6.45) is 1.99. The van der Waals surface area contributed by atoms with Gasteiger partial charge in [-0.3, -0.25) is 14.5 Å². The van der Waals surface area contributed by atoms with Gasteiger partial charge in [-0.05, 0) is 30.3 Å². The number of aromatic nitrogens is 3. The predicted molar refractivity (Wildman–Crippen MR) is 153 cm³/mol. The van der Waals surface area contributed by atoms with Gasteiger partial charge in [0.05, 0.1) is 15.9 Å². The Balaban J connectivity index is 1.17. The van der Waals surface area contributed by atoms with Crippen molar-refractivity contribution in [3.63, 3.8) is 0 Å². The maximum atomic E-state index is 13.0. The van der Waals surface area contributed by atoms with Crippen LogP contribution in [0.3, 0.4) is 0 Å². The Kier molecular flexibility index (Phi) is 6.32. The third-order valence-corrected chi connectivity index (χ3v) is 7.71. The van der Waals surface area contributed by atoms with Crippen LogP contribution in [0.5, 0.6) is 0 Å². The molecule has 2 aromatic carbocycles. The first-order valence-electron chi connectivity index (χ1n) is 12.8. The molecular formula is C28H29N7O3S. The normalized spacial score (nSPS) is 14.2. The number of nitrogens with one attached hydrogen (secondary N) is 3. The van der Waals surface area contributed by atoms with Crippen molar-refractivity contribution in [2.75, 3.05) is 36.8 Å². The Morgan fingerprint density at radius 3 is 2.51 bits per heavy atom. The summed E-state index contributed by atoms with van der Waals surface area (Å²) in [5.74, 6) is 1.11. The molecular weight excluding hydrogens is 514 g/mol. The van der Waals surface area contributed by atoms with Gasteiger partial charge in [-0.25, -0.2) is 9.78 Å². The van der Waals surface area contributed by atoms with Gasteiger partial charge in [0.1, 0.15) is 5.76 Å². The van der Waals surface area contributed by atoms with E-state index in [2.05, 4.69) is 21.1 Å². The van der Waals surface area contributed by atoms with Crippen molar-refractivity contribution >= 4 is 50.0 Å². The Bertz CT molecular complexity index is 1670. The highest BCUT2D eigenvalue weighted by atomic mass is 32.1. The Morgan fingerprint density at radius 2 is 1.79 bits per heavy atom. The summed E-state index contributed by atoms with van der Waals surface area (Å²) in [6, 6.07) is 14.7. The topological polar surface area (TPSA) is 117 Å². The molecule has 1 aliphatic heterocycles. The SMILES string of the molecule is CC(C)(C)c1cc(NC(=O)Nc2ccc(-c3cn4c(n3)sc3ccc(C(=O)N5CCNCC5)cc34)cc2)no1. The molecule has 3 aromatic heterocycles. The average molecular weight is 544 g/mol. The molecule has 1 aliphatic rings. The van der Waals surface area contributed by atoms with Gasteiger partial charge in [-0.1, -0.05) is 49.4 Å². The molecule has 39 heavy (non-hydrogen) atoms. The Morgan fingerprint density at radius 1 is 1.03 bits per heavy atom. The number of anilines is 2. The number of carbonyl (C=O) groups excluding carboxylic acids is 2. The van der Waals surface area contributed by atoms with Gasteiger partial charge in [0, 0.05) is 60.7 Å². The number of nitrogens with zero attached hydrogens (tertiary/aromatic N) is 4. The molecule has 0 bridgehead atoms. The molecule has 1 saturated heterocycles. The average Bonchev–Trinajstić information content (AvgIpc) is 3.64. The van der Waals surface area contributed by atoms with Crippen LogP contribution in [0.25, 0.3) is 26.4 Å². The summed E-state index contributed by atoms with van der Waals surface area (Å²) in [5, 5.41) is 12.7. The van der Waals surface area contributed by atoms with Crippen molar-refractivity contribution in [1.29, 1.82) is 0 Å². The molecule has 10 nitrogen and oxygen atoms in total. The molecule has 0 spiro atoms. The molecule has 0 atom stereocenters. The molecule has 6 rings (SSSR count). The molecule has 4 heterocycles. The number of amides is 3. The third-order valence-electron chi connectivity index (χ3n) is 6.67. The second kappa shape index (κ2) is 9.83. The summed E-state index contributed by atoms with van der Waals surface area (Å²) < 4.78 is 8.43. The van der Waals surface area contributed by atoms with E-state index in [1.807, 2.05) is 78.7 Å². The lowest BCUT2D eigenvalue weighted by Gasteiger charge is -2.27. The summed E-state index contributed by atoms with van der Waals surface area (Å²) >= 11 is 1.59. The van der Waals surface area contributed by atoms with E-state index in [1.165, 1.54) is 0 Å². The monoisotopic (exact) mass is 543 g/mol. The fraction of sp³-hybridized carbons (Fsp3) is 0.286. The number of thiazole rings is 1. The number of urea groups is 1. The van der Waals surface area contributed by atoms with Crippen LogP contribution in [-0.4, -0.2) is 57.6 Å². The van der Waals surface area contributed by atoms with Crippen molar-refractivity contribution in [2.45, 2.75) is 26.2 Å². The number of rotatable bonds is 4. The van der Waals surface area contributed by atoms with Crippen LogP contribution in [0.15, 0.2) is 59.3 Å². The number of fused-ring (bicyclic) bond motifs is 3. The molecule has 5 aromatic rings. The van der Waals surface area contributed by atoms with Crippen molar-refractivity contribution in [3.05, 3.63) is 66.1 Å².